The number of hydrogen-bond acceptors (Lipinski definition) is 1. The highest BCUT2D eigenvalue weighted by atomic mass is 35.5. The molecule has 0 heterocycles. The smallest absolute Gasteiger partial charge is 0.147 e. The van der Waals surface area contributed by atoms with E-state index >= 15 is 0 Å². The van der Waals surface area contributed by atoms with Crippen LogP contribution in [0, 0.1) is 5.82 Å². The predicted octanol–water partition coefficient (Wildman–Crippen LogP) is 3.10. The average molecular weight is 203 g/mol. The van der Waals surface area contributed by atoms with Gasteiger partial charge in [-0.25, -0.2) is 4.39 Å². The number of halogens is 2. The number of hydrogen-bond donors (Lipinski definition) is 1. The fourth-order valence-corrected chi connectivity index (χ4v) is 1.28. The van der Waals surface area contributed by atoms with E-state index in [2.05, 4.69) is 0 Å². The van der Waals surface area contributed by atoms with Crippen LogP contribution in [-0.2, 0) is 5.60 Å². The molecule has 0 aromatic heterocycles. The fraction of sp³-hybridized carbons (Fsp3) is 0.400. The van der Waals surface area contributed by atoms with Gasteiger partial charge in [0.2, 0.25) is 0 Å². The van der Waals surface area contributed by atoms with Crippen LogP contribution in [0.15, 0.2) is 18.2 Å². The van der Waals surface area contributed by atoms with E-state index in [1.165, 1.54) is 6.07 Å². The van der Waals surface area contributed by atoms with Crippen LogP contribution in [0.3, 0.4) is 0 Å². The topological polar surface area (TPSA) is 20.2 Å². The summed E-state index contributed by atoms with van der Waals surface area (Å²) >= 11 is 5.59. The van der Waals surface area contributed by atoms with E-state index in [9.17, 15) is 9.50 Å². The summed E-state index contributed by atoms with van der Waals surface area (Å²) in [6.45, 7) is 3.36. The normalized spacial score (nSPS) is 15.5. The van der Waals surface area contributed by atoms with Crippen molar-refractivity contribution in [3.63, 3.8) is 0 Å². The minimum Gasteiger partial charge on any atom is -0.385 e. The van der Waals surface area contributed by atoms with E-state index in [4.69, 9.17) is 11.6 Å². The summed E-state index contributed by atoms with van der Waals surface area (Å²) < 4.78 is 13.4. The van der Waals surface area contributed by atoms with Gasteiger partial charge in [0, 0.05) is 5.56 Å². The van der Waals surface area contributed by atoms with E-state index in [0.29, 0.717) is 6.42 Å². The lowest BCUT2D eigenvalue weighted by atomic mass is 9.93. The van der Waals surface area contributed by atoms with Gasteiger partial charge in [-0.2, -0.15) is 0 Å². The Kier molecular flexibility index (Phi) is 2.94. The molecule has 1 atom stereocenters. The third kappa shape index (κ3) is 2.01. The average Bonchev–Trinajstić information content (AvgIpc) is 2.09. The summed E-state index contributed by atoms with van der Waals surface area (Å²) in [6.07, 6.45) is 0.449. The molecule has 0 aliphatic carbocycles. The minimum absolute atomic E-state index is 0.0474. The van der Waals surface area contributed by atoms with Crippen molar-refractivity contribution in [1.29, 1.82) is 0 Å². The summed E-state index contributed by atoms with van der Waals surface area (Å²) in [5, 5.41) is 9.85. The van der Waals surface area contributed by atoms with Gasteiger partial charge in [-0.05, 0) is 19.4 Å². The first-order chi connectivity index (χ1) is 5.99. The van der Waals surface area contributed by atoms with Gasteiger partial charge in [0.05, 0.1) is 10.6 Å². The maximum atomic E-state index is 13.4. The van der Waals surface area contributed by atoms with Gasteiger partial charge in [-0.1, -0.05) is 30.7 Å². The minimum atomic E-state index is -1.14. The van der Waals surface area contributed by atoms with E-state index in [1.54, 1.807) is 26.0 Å². The first-order valence-electron chi connectivity index (χ1n) is 4.16. The van der Waals surface area contributed by atoms with Gasteiger partial charge >= 0.3 is 0 Å². The van der Waals surface area contributed by atoms with Crippen LogP contribution in [0.2, 0.25) is 5.02 Å². The van der Waals surface area contributed by atoms with Crippen LogP contribution < -0.4 is 0 Å². The summed E-state index contributed by atoms with van der Waals surface area (Å²) in [5.74, 6) is -0.531. The SMILES string of the molecule is CCC(C)(O)c1cccc(Cl)c1F. The first-order valence-corrected chi connectivity index (χ1v) is 4.53. The van der Waals surface area contributed by atoms with Gasteiger partial charge < -0.3 is 5.11 Å². The maximum Gasteiger partial charge on any atom is 0.147 e. The molecular weight excluding hydrogens is 191 g/mol. The van der Waals surface area contributed by atoms with Crippen molar-refractivity contribution in [3.8, 4) is 0 Å². The van der Waals surface area contributed by atoms with E-state index < -0.39 is 11.4 Å². The van der Waals surface area contributed by atoms with E-state index in [-0.39, 0.29) is 10.6 Å². The second-order valence-corrected chi connectivity index (χ2v) is 3.64. The predicted molar refractivity (Wildman–Crippen MR) is 51.3 cm³/mol. The molecule has 1 nitrogen and oxygen atoms in total. The van der Waals surface area contributed by atoms with Crippen molar-refractivity contribution < 1.29 is 9.50 Å². The fourth-order valence-electron chi connectivity index (χ4n) is 1.11. The molecule has 72 valence electrons. The molecule has 0 saturated carbocycles. The standard InChI is InChI=1S/C10H12ClFO/c1-3-10(2,13)7-5-4-6-8(11)9(7)12/h4-6,13H,3H2,1-2H3. The van der Waals surface area contributed by atoms with Crippen molar-refractivity contribution >= 4 is 11.6 Å². The van der Waals surface area contributed by atoms with Gasteiger partial charge in [0.25, 0.3) is 0 Å². The lowest BCUT2D eigenvalue weighted by Gasteiger charge is -2.22. The summed E-state index contributed by atoms with van der Waals surface area (Å²) in [7, 11) is 0. The molecule has 0 spiro atoms. The van der Waals surface area contributed by atoms with Crippen molar-refractivity contribution in [2.45, 2.75) is 25.9 Å². The Labute approximate surface area is 82.2 Å². The molecule has 0 saturated heterocycles. The second-order valence-electron chi connectivity index (χ2n) is 3.23. The molecule has 0 aliphatic heterocycles. The van der Waals surface area contributed by atoms with Crippen LogP contribution in [0.4, 0.5) is 4.39 Å². The van der Waals surface area contributed by atoms with Crippen LogP contribution in [-0.4, -0.2) is 5.11 Å². The third-order valence-electron chi connectivity index (χ3n) is 2.22. The van der Waals surface area contributed by atoms with Gasteiger partial charge in [-0.3, -0.25) is 0 Å². The zero-order chi connectivity index (χ0) is 10.1. The lowest BCUT2D eigenvalue weighted by Crippen LogP contribution is -2.21. The largest absolute Gasteiger partial charge is 0.385 e. The molecule has 1 aromatic carbocycles. The Morgan fingerprint density at radius 1 is 1.54 bits per heavy atom. The summed E-state index contributed by atoms with van der Waals surface area (Å²) in [6, 6.07) is 4.64. The van der Waals surface area contributed by atoms with Gasteiger partial charge in [-0.15, -0.1) is 0 Å². The van der Waals surface area contributed by atoms with E-state index in [0.717, 1.165) is 0 Å². The molecule has 13 heavy (non-hydrogen) atoms. The maximum absolute atomic E-state index is 13.4. The first kappa shape index (κ1) is 10.5. The lowest BCUT2D eigenvalue weighted by molar-refractivity contribution is 0.0493. The highest BCUT2D eigenvalue weighted by Crippen LogP contribution is 2.29. The van der Waals surface area contributed by atoms with Crippen LogP contribution in [0.25, 0.3) is 0 Å². The third-order valence-corrected chi connectivity index (χ3v) is 2.51. The highest BCUT2D eigenvalue weighted by Gasteiger charge is 2.25. The molecule has 1 rings (SSSR count). The number of aliphatic hydroxyl groups is 1. The highest BCUT2D eigenvalue weighted by molar-refractivity contribution is 6.30. The number of rotatable bonds is 2. The molecule has 3 heteroatoms. The molecule has 0 radical (unpaired) electrons. The van der Waals surface area contributed by atoms with Crippen molar-refractivity contribution in [3.05, 3.63) is 34.6 Å². The summed E-state index contributed by atoms with van der Waals surface area (Å²) in [5.41, 5.74) is -0.892. The molecule has 0 aliphatic rings. The molecular formula is C10H12ClFO. The van der Waals surface area contributed by atoms with Crippen molar-refractivity contribution in [2.75, 3.05) is 0 Å². The Balaban J connectivity index is 3.22. The molecule has 1 aromatic rings. The Bertz CT molecular complexity index is 310. The number of benzene rings is 1. The zero-order valence-electron chi connectivity index (χ0n) is 7.64. The Hall–Kier alpha value is -0.600. The Morgan fingerprint density at radius 2 is 2.15 bits per heavy atom. The van der Waals surface area contributed by atoms with Crippen LogP contribution in [0.1, 0.15) is 25.8 Å². The van der Waals surface area contributed by atoms with Crippen molar-refractivity contribution in [1.82, 2.24) is 0 Å². The molecule has 1 N–H and O–H groups in total. The molecule has 0 amide bonds. The zero-order valence-corrected chi connectivity index (χ0v) is 8.40. The second kappa shape index (κ2) is 3.64. The molecule has 0 bridgehead atoms. The molecule has 0 fully saturated rings. The van der Waals surface area contributed by atoms with Crippen LogP contribution in [0.5, 0.6) is 0 Å². The van der Waals surface area contributed by atoms with Gasteiger partial charge in [0.15, 0.2) is 0 Å². The Morgan fingerprint density at radius 3 is 2.69 bits per heavy atom. The summed E-state index contributed by atoms with van der Waals surface area (Å²) in [4.78, 5) is 0. The van der Waals surface area contributed by atoms with Gasteiger partial charge in [0.1, 0.15) is 5.82 Å². The van der Waals surface area contributed by atoms with E-state index in [1.807, 2.05) is 0 Å². The monoisotopic (exact) mass is 202 g/mol. The van der Waals surface area contributed by atoms with Crippen molar-refractivity contribution in [2.24, 2.45) is 0 Å². The van der Waals surface area contributed by atoms with Crippen LogP contribution >= 0.6 is 11.6 Å². The quantitative estimate of drug-likeness (QED) is 0.782. The molecule has 1 unspecified atom stereocenters.